The molecule has 7 spiro atoms. The van der Waals surface area contributed by atoms with Crippen LogP contribution in [0.1, 0.15) is 19.8 Å². The molecule has 0 N–H and O–H groups in total. The van der Waals surface area contributed by atoms with Gasteiger partial charge in [-0.25, -0.2) is 0 Å². The van der Waals surface area contributed by atoms with Gasteiger partial charge in [0.2, 0.25) is 0 Å². The summed E-state index contributed by atoms with van der Waals surface area (Å²) < 4.78 is 0. The third kappa shape index (κ3) is 0.305. The zero-order valence-electron chi connectivity index (χ0n) is 16.2. The van der Waals surface area contributed by atoms with E-state index >= 15 is 0 Å². The summed E-state index contributed by atoms with van der Waals surface area (Å²) in [7, 11) is 0. The molecule has 0 aromatic heterocycles. The number of rotatable bonds is 0. The average molecular weight is 361 g/mol. The second-order valence-corrected chi connectivity index (χ2v) is 17.2. The van der Waals surface area contributed by atoms with Crippen molar-refractivity contribution >= 4 is 0 Å². The predicted molar refractivity (Wildman–Crippen MR) is 93.7 cm³/mol. The second kappa shape index (κ2) is 1.79. The zero-order chi connectivity index (χ0) is 16.2. The van der Waals surface area contributed by atoms with Crippen LogP contribution in [0.4, 0.5) is 0 Å². The smallest absolute Gasteiger partial charge is 0.00932 e. The Labute approximate surface area is 163 Å². The van der Waals surface area contributed by atoms with E-state index in [9.17, 15) is 0 Å². The minimum Gasteiger partial charge on any atom is -0.0585 e. The number of hydrogen-bond donors (Lipinski definition) is 0. The van der Waals surface area contributed by atoms with E-state index in [2.05, 4.69) is 6.92 Å². The van der Waals surface area contributed by atoms with Crippen LogP contribution < -0.4 is 0 Å². The van der Waals surface area contributed by atoms with Crippen LogP contribution in [0.3, 0.4) is 0 Å². The molecule has 17 aliphatic carbocycles. The quantitative estimate of drug-likeness (QED) is 0.621. The van der Waals surface area contributed by atoms with Gasteiger partial charge in [0.25, 0.3) is 0 Å². The first-order chi connectivity index (χ1) is 13.8. The van der Waals surface area contributed by atoms with Crippen molar-refractivity contribution < 1.29 is 0 Å². The molecule has 0 heterocycles. The van der Waals surface area contributed by atoms with E-state index in [-0.39, 0.29) is 0 Å². The Bertz CT molecular complexity index is 1260. The third-order valence-electron chi connectivity index (χ3n) is 21.5. The van der Waals surface area contributed by atoms with Crippen molar-refractivity contribution in [1.82, 2.24) is 0 Å². The fourth-order valence-corrected chi connectivity index (χ4v) is 24.8. The van der Waals surface area contributed by atoms with Crippen LogP contribution in [0.15, 0.2) is 0 Å². The first-order valence-electron chi connectivity index (χ1n) is 13.8. The molecular weight excluding hydrogens is 336 g/mol. The average Bonchev–Trinajstić information content (AvgIpc) is 2.91. The highest BCUT2D eigenvalue weighted by Crippen LogP contribution is 3.37. The summed E-state index contributed by atoms with van der Waals surface area (Å²) in [5.74, 6) is 22.8. The highest BCUT2D eigenvalue weighted by atomic mass is 15.4. The van der Waals surface area contributed by atoms with Gasteiger partial charge in [-0.2, -0.15) is 0 Å². The summed E-state index contributed by atoms with van der Waals surface area (Å²) in [5, 5.41) is 0. The monoisotopic (exact) mass is 360 g/mol. The predicted octanol–water partition coefficient (Wildman–Crippen LogP) is 3.38. The lowest BCUT2D eigenvalue weighted by atomic mass is 8.70. The van der Waals surface area contributed by atoms with Crippen LogP contribution >= 0.6 is 0 Å². The molecule has 28 heavy (non-hydrogen) atoms. The van der Waals surface area contributed by atoms with Crippen LogP contribution in [-0.2, 0) is 0 Å². The molecule has 0 heteroatoms. The fourth-order valence-electron chi connectivity index (χ4n) is 24.8. The normalized spacial score (nSPS) is 122. The van der Waals surface area contributed by atoms with Gasteiger partial charge in [-0.05, 0) is 157 Å². The Morgan fingerprint density at radius 1 is 0.429 bits per heavy atom. The van der Waals surface area contributed by atoms with Crippen LogP contribution in [0, 0.1) is 144 Å². The van der Waals surface area contributed by atoms with Crippen molar-refractivity contribution in [2.24, 2.45) is 144 Å². The van der Waals surface area contributed by atoms with Gasteiger partial charge in [0.15, 0.2) is 0 Å². The molecule has 17 saturated carbocycles. The molecule has 0 amide bonds. The summed E-state index contributed by atoms with van der Waals surface area (Å²) in [4.78, 5) is 0. The van der Waals surface area contributed by atoms with Gasteiger partial charge in [-0.15, -0.1) is 0 Å². The van der Waals surface area contributed by atoms with E-state index in [0.717, 1.165) is 43.3 Å². The largest absolute Gasteiger partial charge is 0.0585 e. The molecule has 0 aliphatic heterocycles. The van der Waals surface area contributed by atoms with Gasteiger partial charge in [-0.3, -0.25) is 0 Å². The van der Waals surface area contributed by atoms with Crippen LogP contribution in [0.5, 0.6) is 0 Å². The highest BCUT2D eigenvalue weighted by molar-refractivity contribution is 5.80. The minimum atomic E-state index is 0.967. The van der Waals surface area contributed by atoms with Crippen molar-refractivity contribution in [3.63, 3.8) is 0 Å². The Kier molecular flexibility index (Phi) is 0.674. The first-order valence-corrected chi connectivity index (χ1v) is 13.8. The molecule has 0 radical (unpaired) electrons. The van der Waals surface area contributed by atoms with Crippen LogP contribution in [-0.4, -0.2) is 0 Å². The molecule has 16 unspecified atom stereocenters. The minimum absolute atomic E-state index is 0.967. The van der Waals surface area contributed by atoms with E-state index < -0.39 is 0 Å². The van der Waals surface area contributed by atoms with Gasteiger partial charge < -0.3 is 0 Å². The fraction of sp³-hybridized carbons (Fsp3) is 1.00. The molecule has 136 valence electrons. The SMILES string of the molecule is CC12C3C1C1C4C5C6C7C8C9CC%10CC%11C%12C%13C%14C%15C%16C3C12C%164C%155C%146C%137C%128C%10%119. The Hall–Kier alpha value is 0. The van der Waals surface area contributed by atoms with Crippen molar-refractivity contribution in [2.45, 2.75) is 19.8 Å². The lowest BCUT2D eigenvalue weighted by molar-refractivity contribution is -0.876. The second-order valence-electron chi connectivity index (χ2n) is 17.2. The first kappa shape index (κ1) is 10.5. The van der Waals surface area contributed by atoms with Gasteiger partial charge in [0.05, 0.1) is 0 Å². The van der Waals surface area contributed by atoms with Gasteiger partial charge in [0, 0.05) is 0 Å². The molecular formula is C28H24. The van der Waals surface area contributed by atoms with E-state index in [0.29, 0.717) is 0 Å². The summed E-state index contributed by atoms with van der Waals surface area (Å²) >= 11 is 0. The van der Waals surface area contributed by atoms with Crippen molar-refractivity contribution in [1.29, 1.82) is 0 Å². The maximum Gasteiger partial charge on any atom is -0.00932 e. The third-order valence-corrected chi connectivity index (χ3v) is 21.5. The molecule has 17 rings (SSSR count). The Balaban J connectivity index is 1.03. The molecule has 0 saturated heterocycles. The molecule has 17 fully saturated rings. The lowest BCUT2D eigenvalue weighted by Gasteiger charge is -3.33. The zero-order valence-corrected chi connectivity index (χ0v) is 16.2. The molecule has 16 atom stereocenters. The van der Waals surface area contributed by atoms with Gasteiger partial charge in [-0.1, -0.05) is 6.92 Å². The van der Waals surface area contributed by atoms with E-state index in [1.165, 1.54) is 101 Å². The summed E-state index contributed by atoms with van der Waals surface area (Å²) in [5.41, 5.74) is 8.54. The van der Waals surface area contributed by atoms with E-state index in [1.54, 1.807) is 12.8 Å². The van der Waals surface area contributed by atoms with Gasteiger partial charge >= 0.3 is 0 Å². The van der Waals surface area contributed by atoms with E-state index in [4.69, 9.17) is 0 Å². The summed E-state index contributed by atoms with van der Waals surface area (Å²) in [6, 6.07) is 0. The number of fused-ring (bicyclic) bond motifs is 15. The molecule has 0 nitrogen and oxygen atoms in total. The molecule has 17 aliphatic rings. The topological polar surface area (TPSA) is 0 Å². The molecule has 0 aromatic rings. The molecule has 0 bridgehead atoms. The summed E-state index contributed by atoms with van der Waals surface area (Å²) in [6.07, 6.45) is 3.47. The van der Waals surface area contributed by atoms with Crippen LogP contribution in [0.2, 0.25) is 0 Å². The van der Waals surface area contributed by atoms with Gasteiger partial charge in [0.1, 0.15) is 0 Å². The molecule has 0 aromatic carbocycles. The maximum atomic E-state index is 2.82. The Morgan fingerprint density at radius 3 is 1.32 bits per heavy atom. The highest BCUT2D eigenvalue weighted by Gasteiger charge is 3.34. The standard InChI is InChI=1S/C28H24/c1-21-9-10(21)14-18-20-16-12-8-6-3-4-2-5-7-11-15-19-17-13(9)23(14,21)25(17,18)27(19,20)28(15,16)26(11,12)24(7,8)22(4,5)6/h4-20H,2-3H2,1H3. The van der Waals surface area contributed by atoms with Crippen molar-refractivity contribution in [3.05, 3.63) is 0 Å². The van der Waals surface area contributed by atoms with Crippen molar-refractivity contribution in [2.75, 3.05) is 0 Å². The summed E-state index contributed by atoms with van der Waals surface area (Å²) in [6.45, 7) is 2.82. The maximum absolute atomic E-state index is 2.82. The number of hydrogen-bond acceptors (Lipinski definition) is 0. The van der Waals surface area contributed by atoms with Crippen LogP contribution in [0.25, 0.3) is 0 Å². The van der Waals surface area contributed by atoms with Crippen molar-refractivity contribution in [3.8, 4) is 0 Å². The Morgan fingerprint density at radius 2 is 0.821 bits per heavy atom. The lowest BCUT2D eigenvalue weighted by Crippen LogP contribution is -3.31. The van der Waals surface area contributed by atoms with E-state index in [1.807, 2.05) is 0 Å².